The number of ether oxygens (including phenoxy) is 1. The van der Waals surface area contributed by atoms with Gasteiger partial charge in [-0.25, -0.2) is 4.98 Å². The number of hydrogen-bond acceptors (Lipinski definition) is 5. The van der Waals surface area contributed by atoms with E-state index in [1.54, 1.807) is 11.8 Å². The number of nitrogens with zero attached hydrogens (tertiary/aromatic N) is 1. The number of aryl methyl sites for hydroxylation is 2. The van der Waals surface area contributed by atoms with Crippen molar-refractivity contribution in [2.75, 3.05) is 13.7 Å². The summed E-state index contributed by atoms with van der Waals surface area (Å²) in [6, 6.07) is 4.19. The first-order valence-electron chi connectivity index (χ1n) is 7.47. The first-order chi connectivity index (χ1) is 9.99. The average Bonchev–Trinajstić information content (AvgIpc) is 2.82. The Morgan fingerprint density at radius 3 is 2.90 bits per heavy atom. The lowest BCUT2D eigenvalue weighted by molar-refractivity contribution is -0.150. The molecule has 0 amide bonds. The van der Waals surface area contributed by atoms with Gasteiger partial charge in [-0.15, -0.1) is 11.8 Å². The molecule has 1 aromatic heterocycles. The summed E-state index contributed by atoms with van der Waals surface area (Å²) >= 11 is 1.77. The van der Waals surface area contributed by atoms with E-state index >= 15 is 0 Å². The quantitative estimate of drug-likeness (QED) is 0.848. The smallest absolute Gasteiger partial charge is 0.326 e. The van der Waals surface area contributed by atoms with Crippen LogP contribution in [0, 0.1) is 13.8 Å². The van der Waals surface area contributed by atoms with Gasteiger partial charge >= 0.3 is 5.97 Å². The molecule has 1 aliphatic carbocycles. The summed E-state index contributed by atoms with van der Waals surface area (Å²) in [6.45, 7) is 6.38. The van der Waals surface area contributed by atoms with Gasteiger partial charge in [-0.2, -0.15) is 0 Å². The van der Waals surface area contributed by atoms with Crippen molar-refractivity contribution < 1.29 is 9.53 Å². The summed E-state index contributed by atoms with van der Waals surface area (Å²) in [4.78, 5) is 16.8. The highest BCUT2D eigenvalue weighted by Gasteiger charge is 2.45. The fourth-order valence-corrected chi connectivity index (χ4v) is 4.32. The van der Waals surface area contributed by atoms with Crippen molar-refractivity contribution in [3.8, 4) is 0 Å². The summed E-state index contributed by atoms with van der Waals surface area (Å²) in [5.41, 5.74) is 1.75. The van der Waals surface area contributed by atoms with Crippen LogP contribution >= 0.6 is 11.8 Å². The molecule has 1 N–H and O–H groups in total. The van der Waals surface area contributed by atoms with E-state index < -0.39 is 5.54 Å². The lowest BCUT2D eigenvalue weighted by Crippen LogP contribution is -2.49. The molecule has 116 valence electrons. The Kier molecular flexibility index (Phi) is 5.27. The van der Waals surface area contributed by atoms with Crippen LogP contribution in [-0.4, -0.2) is 35.4 Å². The van der Waals surface area contributed by atoms with Gasteiger partial charge in [0.2, 0.25) is 0 Å². The maximum absolute atomic E-state index is 12.2. The number of carbonyl (C=O) groups excluding carboxylic acids is 1. The van der Waals surface area contributed by atoms with Crippen LogP contribution in [0.1, 0.15) is 37.4 Å². The molecule has 0 radical (unpaired) electrons. The number of likely N-dealkylation sites (N-methyl/N-ethyl adjacent to an activating group) is 1. The molecule has 0 bridgehead atoms. The maximum Gasteiger partial charge on any atom is 0.326 e. The van der Waals surface area contributed by atoms with Gasteiger partial charge in [0.25, 0.3) is 0 Å². The van der Waals surface area contributed by atoms with Crippen LogP contribution < -0.4 is 5.32 Å². The highest BCUT2D eigenvalue weighted by atomic mass is 32.2. The molecule has 2 rings (SSSR count). The van der Waals surface area contributed by atoms with Crippen LogP contribution in [0.3, 0.4) is 0 Å². The molecule has 2 atom stereocenters. The van der Waals surface area contributed by atoms with Crippen LogP contribution in [0.25, 0.3) is 0 Å². The van der Waals surface area contributed by atoms with Crippen LogP contribution in [-0.2, 0) is 9.53 Å². The lowest BCUT2D eigenvalue weighted by Gasteiger charge is -2.26. The average molecular weight is 308 g/mol. The highest BCUT2D eigenvalue weighted by Crippen LogP contribution is 2.40. The van der Waals surface area contributed by atoms with E-state index in [4.69, 9.17) is 4.74 Å². The van der Waals surface area contributed by atoms with Crippen molar-refractivity contribution in [3.63, 3.8) is 0 Å². The minimum atomic E-state index is -0.521. The molecule has 1 aromatic rings. The van der Waals surface area contributed by atoms with Gasteiger partial charge in [-0.05, 0) is 64.8 Å². The van der Waals surface area contributed by atoms with E-state index in [1.807, 2.05) is 20.9 Å². The monoisotopic (exact) mass is 308 g/mol. The standard InChI is InChI=1S/C16H24N2O2S/c1-5-20-15(19)16(17-4)7-6-13(10-16)21-14-9-11(2)8-12(3)18-14/h8-9,13,17H,5-7,10H2,1-4H3. The number of pyridine rings is 1. The second-order valence-corrected chi connectivity index (χ2v) is 6.98. The van der Waals surface area contributed by atoms with Crippen molar-refractivity contribution in [3.05, 3.63) is 23.4 Å². The molecule has 1 aliphatic rings. The number of nitrogens with one attached hydrogen (secondary N) is 1. The van der Waals surface area contributed by atoms with Crippen molar-refractivity contribution in [1.29, 1.82) is 0 Å². The van der Waals surface area contributed by atoms with Crippen molar-refractivity contribution in [2.24, 2.45) is 0 Å². The first-order valence-corrected chi connectivity index (χ1v) is 8.35. The Balaban J connectivity index is 2.05. The Morgan fingerprint density at radius 1 is 1.52 bits per heavy atom. The molecule has 21 heavy (non-hydrogen) atoms. The molecule has 1 fully saturated rings. The lowest BCUT2D eigenvalue weighted by atomic mass is 9.98. The summed E-state index contributed by atoms with van der Waals surface area (Å²) < 4.78 is 5.23. The number of thioether (sulfide) groups is 1. The molecular formula is C16H24N2O2S. The zero-order valence-corrected chi connectivity index (χ0v) is 14.0. The highest BCUT2D eigenvalue weighted by molar-refractivity contribution is 7.99. The van der Waals surface area contributed by atoms with Crippen molar-refractivity contribution >= 4 is 17.7 Å². The third-order valence-corrected chi connectivity index (χ3v) is 5.16. The van der Waals surface area contributed by atoms with Gasteiger partial charge in [0.1, 0.15) is 5.54 Å². The molecule has 0 aromatic carbocycles. The summed E-state index contributed by atoms with van der Waals surface area (Å²) in [5.74, 6) is -0.121. The van der Waals surface area contributed by atoms with E-state index in [-0.39, 0.29) is 5.97 Å². The molecule has 0 aliphatic heterocycles. The molecule has 5 heteroatoms. The van der Waals surface area contributed by atoms with Crippen LogP contribution in [0.2, 0.25) is 0 Å². The second-order valence-electron chi connectivity index (χ2n) is 5.66. The topological polar surface area (TPSA) is 51.2 Å². The zero-order valence-electron chi connectivity index (χ0n) is 13.2. The van der Waals surface area contributed by atoms with E-state index in [0.717, 1.165) is 30.0 Å². The Bertz CT molecular complexity index is 501. The van der Waals surface area contributed by atoms with E-state index in [9.17, 15) is 4.79 Å². The molecular weight excluding hydrogens is 284 g/mol. The van der Waals surface area contributed by atoms with E-state index in [1.165, 1.54) is 5.56 Å². The third kappa shape index (κ3) is 3.77. The summed E-state index contributed by atoms with van der Waals surface area (Å²) in [6.07, 6.45) is 2.62. The van der Waals surface area contributed by atoms with E-state index in [2.05, 4.69) is 29.4 Å². The van der Waals surface area contributed by atoms with Crippen molar-refractivity contribution in [1.82, 2.24) is 10.3 Å². The fourth-order valence-electron chi connectivity index (χ4n) is 2.92. The molecule has 2 unspecified atom stereocenters. The molecule has 0 saturated heterocycles. The van der Waals surface area contributed by atoms with Crippen LogP contribution in [0.15, 0.2) is 17.2 Å². The Labute approximate surface area is 131 Å². The van der Waals surface area contributed by atoms with Gasteiger partial charge in [0, 0.05) is 10.9 Å². The Hall–Kier alpha value is -1.07. The number of esters is 1. The minimum Gasteiger partial charge on any atom is -0.465 e. The number of hydrogen-bond donors (Lipinski definition) is 1. The van der Waals surface area contributed by atoms with Gasteiger partial charge < -0.3 is 10.1 Å². The van der Waals surface area contributed by atoms with E-state index in [0.29, 0.717) is 11.9 Å². The van der Waals surface area contributed by atoms with Crippen LogP contribution in [0.5, 0.6) is 0 Å². The molecule has 0 spiro atoms. The van der Waals surface area contributed by atoms with Gasteiger partial charge in [0.05, 0.1) is 11.6 Å². The second kappa shape index (κ2) is 6.79. The van der Waals surface area contributed by atoms with Crippen LogP contribution in [0.4, 0.5) is 0 Å². The Morgan fingerprint density at radius 2 is 2.29 bits per heavy atom. The maximum atomic E-state index is 12.2. The summed E-state index contributed by atoms with van der Waals surface area (Å²) in [5, 5.41) is 4.64. The molecule has 1 saturated carbocycles. The SMILES string of the molecule is CCOC(=O)C1(NC)CCC(Sc2cc(C)cc(C)n2)C1. The molecule has 1 heterocycles. The first kappa shape index (κ1) is 16.3. The third-order valence-electron chi connectivity index (χ3n) is 3.98. The van der Waals surface area contributed by atoms with Crippen molar-refractivity contribution in [2.45, 2.75) is 55.8 Å². The predicted molar refractivity (Wildman–Crippen MR) is 85.6 cm³/mol. The van der Waals surface area contributed by atoms with Gasteiger partial charge in [0.15, 0.2) is 0 Å². The fraction of sp³-hybridized carbons (Fsp3) is 0.625. The summed E-state index contributed by atoms with van der Waals surface area (Å²) in [7, 11) is 1.85. The normalized spacial score (nSPS) is 25.0. The van der Waals surface area contributed by atoms with Gasteiger partial charge in [-0.3, -0.25) is 4.79 Å². The number of rotatable bonds is 5. The zero-order chi connectivity index (χ0) is 15.5. The largest absolute Gasteiger partial charge is 0.465 e. The number of aromatic nitrogens is 1. The predicted octanol–water partition coefficient (Wildman–Crippen LogP) is 2.86. The number of carbonyl (C=O) groups is 1. The minimum absolute atomic E-state index is 0.121. The molecule has 4 nitrogen and oxygen atoms in total. The van der Waals surface area contributed by atoms with Gasteiger partial charge in [-0.1, -0.05) is 0 Å².